The molecule has 0 radical (unpaired) electrons. The first-order valence-corrected chi connectivity index (χ1v) is 7.44. The summed E-state index contributed by atoms with van der Waals surface area (Å²) in [4.78, 5) is 0. The fourth-order valence-electron chi connectivity index (χ4n) is 2.21. The average molecular weight is 260 g/mol. The Morgan fingerprint density at radius 2 is 1.63 bits per heavy atom. The normalized spacial score (nSPS) is 11.1. The molecule has 0 saturated carbocycles. The van der Waals surface area contributed by atoms with Gasteiger partial charge in [-0.1, -0.05) is 52.0 Å². The predicted molar refractivity (Wildman–Crippen MR) is 84.2 cm³/mol. The predicted octanol–water partition coefficient (Wildman–Crippen LogP) is 5.67. The van der Waals surface area contributed by atoms with Crippen LogP contribution in [0.5, 0.6) is 5.75 Å². The molecule has 1 heteroatoms. The van der Waals surface area contributed by atoms with Crippen LogP contribution in [0, 0.1) is 0 Å². The fraction of sp³-hybridized carbons (Fsp3) is 0.556. The minimum absolute atomic E-state index is 0.502. The summed E-state index contributed by atoms with van der Waals surface area (Å²) in [5.41, 5.74) is 2.66. The van der Waals surface area contributed by atoms with E-state index in [2.05, 4.69) is 52.5 Å². The smallest absolute Gasteiger partial charge is 0.126 e. The molecule has 19 heavy (non-hydrogen) atoms. The minimum Gasteiger partial charge on any atom is -0.493 e. The quantitative estimate of drug-likeness (QED) is 0.432. The van der Waals surface area contributed by atoms with Crippen molar-refractivity contribution in [3.63, 3.8) is 0 Å². The number of ether oxygens (including phenoxy) is 1. The van der Waals surface area contributed by atoms with Crippen LogP contribution in [0.3, 0.4) is 0 Å². The second-order valence-corrected chi connectivity index (χ2v) is 5.71. The lowest BCUT2D eigenvalue weighted by atomic mass is 9.94. The van der Waals surface area contributed by atoms with Gasteiger partial charge in [-0.25, -0.2) is 0 Å². The van der Waals surface area contributed by atoms with Crippen LogP contribution < -0.4 is 4.74 Å². The highest BCUT2D eigenvalue weighted by atomic mass is 16.5. The van der Waals surface area contributed by atoms with E-state index in [1.54, 1.807) is 0 Å². The molecule has 0 aliphatic heterocycles. The maximum absolute atomic E-state index is 6.10. The Labute approximate surface area is 118 Å². The van der Waals surface area contributed by atoms with Crippen LogP contribution in [0.25, 0.3) is 0 Å². The van der Waals surface area contributed by atoms with Gasteiger partial charge in [0.15, 0.2) is 0 Å². The summed E-state index contributed by atoms with van der Waals surface area (Å²) >= 11 is 0. The number of benzene rings is 1. The van der Waals surface area contributed by atoms with Crippen LogP contribution in [0.2, 0.25) is 0 Å². The van der Waals surface area contributed by atoms with Gasteiger partial charge in [-0.15, -0.1) is 6.58 Å². The van der Waals surface area contributed by atoms with E-state index in [0.717, 1.165) is 31.6 Å². The Hall–Kier alpha value is -1.24. The molecule has 0 spiro atoms. The Bertz CT molecular complexity index is 364. The number of para-hydroxylation sites is 1. The highest BCUT2D eigenvalue weighted by Gasteiger charge is 2.14. The molecule has 0 N–H and O–H groups in total. The molecule has 1 rings (SSSR count). The summed E-state index contributed by atoms with van der Waals surface area (Å²) in [6.45, 7) is 13.5. The first-order chi connectivity index (χ1) is 9.07. The van der Waals surface area contributed by atoms with Gasteiger partial charge in [-0.3, -0.25) is 0 Å². The van der Waals surface area contributed by atoms with E-state index in [1.807, 2.05) is 6.08 Å². The lowest BCUT2D eigenvalue weighted by molar-refractivity contribution is 0.299. The maximum atomic E-state index is 6.10. The summed E-state index contributed by atoms with van der Waals surface area (Å²) in [6.07, 6.45) is 5.30. The monoisotopic (exact) mass is 260 g/mol. The van der Waals surface area contributed by atoms with Crippen LogP contribution in [0.4, 0.5) is 0 Å². The van der Waals surface area contributed by atoms with Gasteiger partial charge in [0.2, 0.25) is 0 Å². The minimum atomic E-state index is 0.502. The van der Waals surface area contributed by atoms with Crippen LogP contribution >= 0.6 is 0 Å². The Morgan fingerprint density at radius 1 is 1.05 bits per heavy atom. The van der Waals surface area contributed by atoms with Gasteiger partial charge in [0.05, 0.1) is 6.61 Å². The third kappa shape index (κ3) is 4.74. The topological polar surface area (TPSA) is 9.23 Å². The third-order valence-electron chi connectivity index (χ3n) is 3.37. The Kier molecular flexibility index (Phi) is 6.69. The van der Waals surface area contributed by atoms with Crippen molar-refractivity contribution in [3.8, 4) is 5.75 Å². The van der Waals surface area contributed by atoms with Gasteiger partial charge in [0, 0.05) is 0 Å². The van der Waals surface area contributed by atoms with Crippen molar-refractivity contribution in [1.82, 2.24) is 0 Å². The zero-order chi connectivity index (χ0) is 14.3. The van der Waals surface area contributed by atoms with Crippen LogP contribution in [-0.2, 0) is 0 Å². The Balaban J connectivity index is 2.79. The van der Waals surface area contributed by atoms with Crippen molar-refractivity contribution in [2.24, 2.45) is 0 Å². The van der Waals surface area contributed by atoms with Crippen molar-refractivity contribution >= 4 is 0 Å². The van der Waals surface area contributed by atoms with Gasteiger partial charge in [0.25, 0.3) is 0 Å². The lowest BCUT2D eigenvalue weighted by Gasteiger charge is -2.20. The second kappa shape index (κ2) is 8.04. The van der Waals surface area contributed by atoms with Crippen LogP contribution in [0.15, 0.2) is 30.9 Å². The zero-order valence-electron chi connectivity index (χ0n) is 12.9. The van der Waals surface area contributed by atoms with Crippen molar-refractivity contribution in [2.75, 3.05) is 6.61 Å². The number of rotatable bonds is 8. The molecular formula is C18H28O. The van der Waals surface area contributed by atoms with E-state index in [-0.39, 0.29) is 0 Å². The first-order valence-electron chi connectivity index (χ1n) is 7.44. The second-order valence-electron chi connectivity index (χ2n) is 5.71. The number of unbranched alkanes of at least 4 members (excludes halogenated alkanes) is 2. The van der Waals surface area contributed by atoms with E-state index >= 15 is 0 Å². The first kappa shape index (κ1) is 15.8. The molecule has 106 valence electrons. The SMILES string of the molecule is C=CCCCCOc1c(C(C)C)cccc1C(C)C. The van der Waals surface area contributed by atoms with E-state index in [1.165, 1.54) is 11.1 Å². The van der Waals surface area contributed by atoms with Crippen LogP contribution in [-0.4, -0.2) is 6.61 Å². The van der Waals surface area contributed by atoms with Gasteiger partial charge in [0.1, 0.15) is 5.75 Å². The number of hydrogen-bond donors (Lipinski definition) is 0. The third-order valence-corrected chi connectivity index (χ3v) is 3.37. The number of allylic oxidation sites excluding steroid dienone is 1. The highest BCUT2D eigenvalue weighted by molar-refractivity contribution is 5.44. The van der Waals surface area contributed by atoms with Gasteiger partial charge in [-0.2, -0.15) is 0 Å². The molecule has 0 unspecified atom stereocenters. The van der Waals surface area contributed by atoms with Gasteiger partial charge < -0.3 is 4.74 Å². The molecule has 0 aliphatic carbocycles. The largest absolute Gasteiger partial charge is 0.493 e. The average Bonchev–Trinajstić information content (AvgIpc) is 2.38. The van der Waals surface area contributed by atoms with Crippen molar-refractivity contribution in [3.05, 3.63) is 42.0 Å². The summed E-state index contributed by atoms with van der Waals surface area (Å²) < 4.78 is 6.10. The lowest BCUT2D eigenvalue weighted by Crippen LogP contribution is -2.05. The van der Waals surface area contributed by atoms with E-state index < -0.39 is 0 Å². The fourth-order valence-corrected chi connectivity index (χ4v) is 2.21. The summed E-state index contributed by atoms with van der Waals surface area (Å²) in [6, 6.07) is 6.53. The summed E-state index contributed by atoms with van der Waals surface area (Å²) in [5.74, 6) is 2.12. The van der Waals surface area contributed by atoms with E-state index in [4.69, 9.17) is 4.74 Å². The maximum Gasteiger partial charge on any atom is 0.126 e. The zero-order valence-corrected chi connectivity index (χ0v) is 12.9. The molecule has 0 aliphatic rings. The molecule has 1 aromatic rings. The molecule has 1 aromatic carbocycles. The van der Waals surface area contributed by atoms with Crippen molar-refractivity contribution in [2.45, 2.75) is 58.8 Å². The standard InChI is InChI=1S/C18H28O/c1-6-7-8-9-13-19-18-16(14(2)3)11-10-12-17(18)15(4)5/h6,10-12,14-15H,1,7-9,13H2,2-5H3. The molecule has 0 atom stereocenters. The molecular weight excluding hydrogens is 232 g/mol. The molecule has 0 amide bonds. The van der Waals surface area contributed by atoms with Gasteiger partial charge in [-0.05, 0) is 42.2 Å². The summed E-state index contributed by atoms with van der Waals surface area (Å²) in [7, 11) is 0. The molecule has 0 aromatic heterocycles. The van der Waals surface area contributed by atoms with Crippen molar-refractivity contribution in [1.29, 1.82) is 0 Å². The highest BCUT2D eigenvalue weighted by Crippen LogP contribution is 2.34. The summed E-state index contributed by atoms with van der Waals surface area (Å²) in [5, 5.41) is 0. The molecule has 0 saturated heterocycles. The molecule has 0 heterocycles. The molecule has 1 nitrogen and oxygen atoms in total. The van der Waals surface area contributed by atoms with E-state index in [9.17, 15) is 0 Å². The van der Waals surface area contributed by atoms with E-state index in [0.29, 0.717) is 11.8 Å². The molecule has 0 fully saturated rings. The van der Waals surface area contributed by atoms with Crippen LogP contribution in [0.1, 0.15) is 69.9 Å². The van der Waals surface area contributed by atoms with Crippen molar-refractivity contribution < 1.29 is 4.74 Å². The molecule has 0 bridgehead atoms. The Morgan fingerprint density at radius 3 is 2.11 bits per heavy atom. The number of hydrogen-bond acceptors (Lipinski definition) is 1. The van der Waals surface area contributed by atoms with Gasteiger partial charge >= 0.3 is 0 Å².